The molecule has 0 aliphatic rings. The Labute approximate surface area is 141 Å². The van der Waals surface area contributed by atoms with Crippen LogP contribution in [0.25, 0.3) is 11.3 Å². The molecule has 0 spiro atoms. The van der Waals surface area contributed by atoms with E-state index in [0.717, 1.165) is 5.56 Å². The van der Waals surface area contributed by atoms with Gasteiger partial charge in [-0.15, -0.1) is 0 Å². The smallest absolute Gasteiger partial charge is 0.267 e. The van der Waals surface area contributed by atoms with Gasteiger partial charge in [0.05, 0.1) is 11.2 Å². The second kappa shape index (κ2) is 7.40. The number of benzene rings is 1. The van der Waals surface area contributed by atoms with Crippen molar-refractivity contribution in [1.82, 2.24) is 15.1 Å². The Hall–Kier alpha value is -2.47. The lowest BCUT2D eigenvalue weighted by Crippen LogP contribution is -2.56. The molecule has 1 amide bonds. The maximum absolute atomic E-state index is 12.3. The highest BCUT2D eigenvalue weighted by Crippen LogP contribution is 2.15. The summed E-state index contributed by atoms with van der Waals surface area (Å²) in [7, 11) is 0. The number of hydrogen-bond donors (Lipinski definition) is 2. The molecule has 6 nitrogen and oxygen atoms in total. The van der Waals surface area contributed by atoms with Crippen molar-refractivity contribution < 1.29 is 4.79 Å². The molecule has 1 unspecified atom stereocenters. The number of hydrogen-bond acceptors (Lipinski definition) is 4. The minimum absolute atomic E-state index is 0.137. The number of nitrogens with zero attached hydrogens (tertiary/aromatic N) is 2. The normalized spacial score (nSPS) is 13.5. The van der Waals surface area contributed by atoms with Crippen LogP contribution in [-0.4, -0.2) is 27.8 Å². The van der Waals surface area contributed by atoms with Gasteiger partial charge in [-0.2, -0.15) is 5.10 Å². The molecule has 0 saturated heterocycles. The molecule has 0 saturated carbocycles. The highest BCUT2D eigenvalue weighted by molar-refractivity contribution is 5.76. The first-order chi connectivity index (χ1) is 11.4. The zero-order valence-electron chi connectivity index (χ0n) is 14.3. The summed E-state index contributed by atoms with van der Waals surface area (Å²) in [5, 5.41) is 7.21. The van der Waals surface area contributed by atoms with E-state index in [1.165, 1.54) is 10.7 Å². The number of carbonyl (C=O) groups is 1. The van der Waals surface area contributed by atoms with Gasteiger partial charge in [-0.25, -0.2) is 4.68 Å². The number of aromatic nitrogens is 2. The topological polar surface area (TPSA) is 90.0 Å². The van der Waals surface area contributed by atoms with E-state index in [2.05, 4.69) is 10.4 Å². The van der Waals surface area contributed by atoms with Crippen LogP contribution in [0.2, 0.25) is 0 Å². The zero-order chi connectivity index (χ0) is 17.7. The first-order valence-electron chi connectivity index (χ1n) is 8.00. The minimum Gasteiger partial charge on any atom is -0.348 e. The number of nitrogens with two attached hydrogens (primary N) is 1. The Morgan fingerprint density at radius 1 is 1.25 bits per heavy atom. The van der Waals surface area contributed by atoms with Gasteiger partial charge in [-0.3, -0.25) is 9.59 Å². The van der Waals surface area contributed by atoms with Crippen LogP contribution in [0, 0.1) is 5.92 Å². The van der Waals surface area contributed by atoms with Crippen molar-refractivity contribution in [3.8, 4) is 11.3 Å². The Morgan fingerprint density at radius 2 is 1.92 bits per heavy atom. The maximum Gasteiger partial charge on any atom is 0.267 e. The predicted octanol–water partition coefficient (Wildman–Crippen LogP) is 1.40. The van der Waals surface area contributed by atoms with Crippen LogP contribution in [-0.2, 0) is 11.3 Å². The van der Waals surface area contributed by atoms with E-state index in [4.69, 9.17) is 5.73 Å². The van der Waals surface area contributed by atoms with Crippen molar-refractivity contribution in [2.24, 2.45) is 11.7 Å². The van der Waals surface area contributed by atoms with Crippen molar-refractivity contribution in [1.29, 1.82) is 0 Å². The summed E-state index contributed by atoms with van der Waals surface area (Å²) in [4.78, 5) is 24.3. The summed E-state index contributed by atoms with van der Waals surface area (Å²) in [5.41, 5.74) is 6.48. The Balaban J connectivity index is 2.21. The van der Waals surface area contributed by atoms with Gasteiger partial charge >= 0.3 is 0 Å². The van der Waals surface area contributed by atoms with E-state index in [0.29, 0.717) is 12.2 Å². The third kappa shape index (κ3) is 4.08. The SMILES string of the molecule is CC(C)C(C)(CN)NC(=O)Cn1nc(-c2ccccc2)ccc1=O. The summed E-state index contributed by atoms with van der Waals surface area (Å²) in [6.07, 6.45) is 0. The molecule has 0 bridgehead atoms. The second-order valence-corrected chi connectivity index (χ2v) is 6.40. The van der Waals surface area contributed by atoms with Gasteiger partial charge in [0.2, 0.25) is 5.91 Å². The lowest BCUT2D eigenvalue weighted by Gasteiger charge is -2.33. The quantitative estimate of drug-likeness (QED) is 0.839. The highest BCUT2D eigenvalue weighted by atomic mass is 16.2. The fourth-order valence-corrected chi connectivity index (χ4v) is 2.25. The Bertz CT molecular complexity index is 755. The van der Waals surface area contributed by atoms with E-state index in [-0.39, 0.29) is 23.9 Å². The van der Waals surface area contributed by atoms with Crippen LogP contribution in [0.15, 0.2) is 47.3 Å². The molecule has 2 aromatic rings. The van der Waals surface area contributed by atoms with Crippen molar-refractivity contribution >= 4 is 5.91 Å². The monoisotopic (exact) mass is 328 g/mol. The van der Waals surface area contributed by atoms with Crippen LogP contribution < -0.4 is 16.6 Å². The van der Waals surface area contributed by atoms with Gasteiger partial charge in [0.1, 0.15) is 6.54 Å². The fourth-order valence-electron chi connectivity index (χ4n) is 2.25. The number of amides is 1. The zero-order valence-corrected chi connectivity index (χ0v) is 14.3. The van der Waals surface area contributed by atoms with Gasteiger partial charge in [0.15, 0.2) is 0 Å². The first kappa shape index (κ1) is 17.9. The standard InChI is InChI=1S/C18H24N4O2/c1-13(2)18(3,12-19)20-16(23)11-22-17(24)10-9-15(21-22)14-7-5-4-6-8-14/h4-10,13H,11-12,19H2,1-3H3,(H,20,23). The largest absolute Gasteiger partial charge is 0.348 e. The maximum atomic E-state index is 12.3. The van der Waals surface area contributed by atoms with Gasteiger partial charge in [-0.1, -0.05) is 44.2 Å². The molecule has 0 fully saturated rings. The second-order valence-electron chi connectivity index (χ2n) is 6.40. The van der Waals surface area contributed by atoms with Crippen LogP contribution in [0.5, 0.6) is 0 Å². The predicted molar refractivity (Wildman–Crippen MR) is 94.4 cm³/mol. The van der Waals surface area contributed by atoms with Gasteiger partial charge in [0, 0.05) is 18.2 Å². The Morgan fingerprint density at radius 3 is 2.50 bits per heavy atom. The first-order valence-corrected chi connectivity index (χ1v) is 8.00. The lowest BCUT2D eigenvalue weighted by molar-refractivity contribution is -0.124. The average Bonchev–Trinajstić information content (AvgIpc) is 2.57. The molecule has 0 aliphatic carbocycles. The van der Waals surface area contributed by atoms with Gasteiger partial charge in [0.25, 0.3) is 5.56 Å². The molecule has 0 radical (unpaired) electrons. The Kier molecular flexibility index (Phi) is 5.51. The third-order valence-corrected chi connectivity index (χ3v) is 4.35. The molecule has 3 N–H and O–H groups in total. The molecule has 1 aromatic carbocycles. The molecule has 6 heteroatoms. The van der Waals surface area contributed by atoms with Gasteiger partial charge in [-0.05, 0) is 18.9 Å². The fraction of sp³-hybridized carbons (Fsp3) is 0.389. The molecular weight excluding hydrogens is 304 g/mol. The number of nitrogens with one attached hydrogen (secondary N) is 1. The summed E-state index contributed by atoms with van der Waals surface area (Å²) in [5.74, 6) is -0.108. The van der Waals surface area contributed by atoms with E-state index in [9.17, 15) is 9.59 Å². The van der Waals surface area contributed by atoms with E-state index < -0.39 is 5.54 Å². The number of carbonyl (C=O) groups excluding carboxylic acids is 1. The minimum atomic E-state index is -0.516. The van der Waals surface area contributed by atoms with Crippen molar-refractivity contribution in [3.63, 3.8) is 0 Å². The van der Waals surface area contributed by atoms with Crippen LogP contribution in [0.1, 0.15) is 20.8 Å². The lowest BCUT2D eigenvalue weighted by atomic mass is 9.88. The number of rotatable bonds is 6. The van der Waals surface area contributed by atoms with Crippen molar-refractivity contribution in [2.45, 2.75) is 32.9 Å². The molecule has 2 rings (SSSR count). The molecular formula is C18H24N4O2. The van der Waals surface area contributed by atoms with E-state index >= 15 is 0 Å². The van der Waals surface area contributed by atoms with Crippen molar-refractivity contribution in [2.75, 3.05) is 6.54 Å². The third-order valence-electron chi connectivity index (χ3n) is 4.35. The molecule has 1 atom stereocenters. The van der Waals surface area contributed by atoms with Gasteiger partial charge < -0.3 is 11.1 Å². The van der Waals surface area contributed by atoms with E-state index in [1.54, 1.807) is 6.07 Å². The van der Waals surface area contributed by atoms with Crippen LogP contribution in [0.4, 0.5) is 0 Å². The summed E-state index contributed by atoms with van der Waals surface area (Å²) in [6, 6.07) is 12.6. The molecule has 1 heterocycles. The molecule has 0 aliphatic heterocycles. The molecule has 24 heavy (non-hydrogen) atoms. The highest BCUT2D eigenvalue weighted by Gasteiger charge is 2.28. The summed E-state index contributed by atoms with van der Waals surface area (Å²) in [6.45, 7) is 6.07. The van der Waals surface area contributed by atoms with E-state index in [1.807, 2.05) is 51.1 Å². The summed E-state index contributed by atoms with van der Waals surface area (Å²) < 4.78 is 1.18. The van der Waals surface area contributed by atoms with Crippen LogP contribution >= 0.6 is 0 Å². The summed E-state index contributed by atoms with van der Waals surface area (Å²) >= 11 is 0. The molecule has 1 aromatic heterocycles. The molecule has 128 valence electrons. The average molecular weight is 328 g/mol. The van der Waals surface area contributed by atoms with Crippen LogP contribution in [0.3, 0.4) is 0 Å². The van der Waals surface area contributed by atoms with Crippen molar-refractivity contribution in [3.05, 3.63) is 52.8 Å².